The Bertz CT molecular complexity index is 1420. The molecule has 41 heavy (non-hydrogen) atoms. The molecule has 0 spiro atoms. The zero-order valence-corrected chi connectivity index (χ0v) is 23.6. The molecule has 0 amide bonds. The van der Waals surface area contributed by atoms with E-state index in [-0.39, 0.29) is 58.7 Å². The fraction of sp³-hybridized carbons (Fsp3) is 0.500. The van der Waals surface area contributed by atoms with Crippen molar-refractivity contribution in [1.82, 2.24) is 4.90 Å². The number of ketones is 2. The summed E-state index contributed by atoms with van der Waals surface area (Å²) in [5, 5.41) is 44.5. The maximum absolute atomic E-state index is 13.6. The second-order valence-electron chi connectivity index (χ2n) is 11.3. The minimum absolute atomic E-state index is 0.0382. The quantitative estimate of drug-likeness (QED) is 0.333. The molecule has 1 heterocycles. The molecule has 2 aliphatic carbocycles. The number of aromatic hydroxyl groups is 2. The highest BCUT2D eigenvalue weighted by Gasteiger charge is 2.53. The predicted octanol–water partition coefficient (Wildman–Crippen LogP) is 2.16. The van der Waals surface area contributed by atoms with Crippen molar-refractivity contribution >= 4 is 17.5 Å². The van der Waals surface area contributed by atoms with Gasteiger partial charge in [-0.2, -0.15) is 0 Å². The number of likely N-dealkylation sites (N-methyl/N-ethyl adjacent to an activating group) is 1. The number of rotatable bonds is 5. The van der Waals surface area contributed by atoms with Crippen LogP contribution in [-0.2, 0) is 19.0 Å². The van der Waals surface area contributed by atoms with Gasteiger partial charge in [-0.3, -0.25) is 14.4 Å². The standard InChI is InChI=1S/C30H35NO10/c1-6-30(38)12-19(41-20-11-17(31(3)4)25(33)13(2)40-20)22-15(24(30)29(37)39-5)10-16-23(28(22)36)27(35)21-14(26(16)34)8-7-9-18(21)32/h7-10,13,17,19-20,24-25,32-33,36,38H,6,11-12H2,1-5H3/t13-,17-,19?,20-,24-,25+,30+/m0/s1. The van der Waals surface area contributed by atoms with E-state index in [0.29, 0.717) is 0 Å². The summed E-state index contributed by atoms with van der Waals surface area (Å²) in [6.07, 6.45) is -3.09. The van der Waals surface area contributed by atoms with Gasteiger partial charge < -0.3 is 39.5 Å². The maximum atomic E-state index is 13.6. The summed E-state index contributed by atoms with van der Waals surface area (Å²) >= 11 is 0. The van der Waals surface area contributed by atoms with Crippen LogP contribution in [0.4, 0.5) is 0 Å². The third kappa shape index (κ3) is 4.52. The van der Waals surface area contributed by atoms with Gasteiger partial charge in [0.1, 0.15) is 17.4 Å². The Morgan fingerprint density at radius 3 is 2.49 bits per heavy atom. The number of phenols is 2. The molecule has 11 nitrogen and oxygen atoms in total. The summed E-state index contributed by atoms with van der Waals surface area (Å²) in [6.45, 7) is 3.41. The first-order chi connectivity index (χ1) is 19.3. The molecule has 11 heteroatoms. The largest absolute Gasteiger partial charge is 0.507 e. The highest BCUT2D eigenvalue weighted by atomic mass is 16.7. The van der Waals surface area contributed by atoms with Crippen molar-refractivity contribution in [2.45, 2.75) is 75.3 Å². The topological polar surface area (TPSA) is 163 Å². The number of benzene rings is 2. The fourth-order valence-corrected chi connectivity index (χ4v) is 6.50. The number of fused-ring (bicyclic) bond motifs is 3. The first kappa shape index (κ1) is 29.2. The lowest BCUT2D eigenvalue weighted by Crippen LogP contribution is -2.54. The lowest BCUT2D eigenvalue weighted by Gasteiger charge is -2.46. The Balaban J connectivity index is 1.69. The van der Waals surface area contributed by atoms with Crippen LogP contribution in [0.5, 0.6) is 11.5 Å². The van der Waals surface area contributed by atoms with Crippen LogP contribution in [0.3, 0.4) is 0 Å². The lowest BCUT2D eigenvalue weighted by atomic mass is 9.67. The number of hydrogen-bond acceptors (Lipinski definition) is 11. The van der Waals surface area contributed by atoms with Crippen molar-refractivity contribution < 1.29 is 49.0 Å². The number of ether oxygens (including phenoxy) is 3. The molecule has 1 fully saturated rings. The molecular weight excluding hydrogens is 534 g/mol. The van der Waals surface area contributed by atoms with Crippen molar-refractivity contribution in [3.63, 3.8) is 0 Å². The van der Waals surface area contributed by atoms with Crippen molar-refractivity contribution in [3.05, 3.63) is 57.6 Å². The van der Waals surface area contributed by atoms with Gasteiger partial charge >= 0.3 is 5.97 Å². The minimum Gasteiger partial charge on any atom is -0.507 e. The van der Waals surface area contributed by atoms with Crippen LogP contribution in [0.25, 0.3) is 0 Å². The molecule has 1 aliphatic heterocycles. The third-order valence-corrected chi connectivity index (χ3v) is 8.77. The molecule has 1 unspecified atom stereocenters. The van der Waals surface area contributed by atoms with Crippen LogP contribution in [-0.4, -0.2) is 94.2 Å². The number of carbonyl (C=O) groups is 3. The van der Waals surface area contributed by atoms with Gasteiger partial charge in [-0.15, -0.1) is 0 Å². The lowest BCUT2D eigenvalue weighted by molar-refractivity contribution is -0.258. The number of esters is 1. The zero-order valence-electron chi connectivity index (χ0n) is 23.6. The third-order valence-electron chi connectivity index (χ3n) is 8.77. The van der Waals surface area contributed by atoms with Gasteiger partial charge in [-0.05, 0) is 45.1 Å². The van der Waals surface area contributed by atoms with Gasteiger partial charge in [-0.1, -0.05) is 19.1 Å². The SMILES string of the molecule is CC[C@@]1(O)CC(O[C@H]2C[C@H](N(C)C)[C@H](O)[C@H](C)O2)c2c(cc3c(c2O)C(=O)c2c(O)cccc2C3=O)[C@H]1C(=O)OC. The molecule has 3 aliphatic rings. The van der Waals surface area contributed by atoms with Gasteiger partial charge in [0.2, 0.25) is 5.78 Å². The Morgan fingerprint density at radius 1 is 1.15 bits per heavy atom. The van der Waals surface area contributed by atoms with E-state index < -0.39 is 65.2 Å². The van der Waals surface area contributed by atoms with Crippen LogP contribution >= 0.6 is 0 Å². The first-order valence-electron chi connectivity index (χ1n) is 13.6. The second-order valence-corrected chi connectivity index (χ2v) is 11.3. The van der Waals surface area contributed by atoms with Gasteiger partial charge in [0.05, 0.1) is 42.1 Å². The van der Waals surface area contributed by atoms with E-state index in [2.05, 4.69) is 0 Å². The van der Waals surface area contributed by atoms with Crippen LogP contribution < -0.4 is 0 Å². The number of hydrogen-bond donors (Lipinski definition) is 4. The van der Waals surface area contributed by atoms with E-state index in [4.69, 9.17) is 14.2 Å². The molecule has 2 aromatic carbocycles. The molecule has 0 saturated carbocycles. The molecule has 220 valence electrons. The Labute approximate surface area is 237 Å². The number of carbonyl (C=O) groups excluding carboxylic acids is 3. The monoisotopic (exact) mass is 569 g/mol. The molecule has 7 atom stereocenters. The molecule has 1 saturated heterocycles. The number of aliphatic hydroxyl groups is 2. The van der Waals surface area contributed by atoms with E-state index in [0.717, 1.165) is 0 Å². The van der Waals surface area contributed by atoms with Gasteiger partial charge in [0, 0.05) is 35.6 Å². The van der Waals surface area contributed by atoms with E-state index in [1.807, 2.05) is 19.0 Å². The van der Waals surface area contributed by atoms with Gasteiger partial charge in [-0.25, -0.2) is 0 Å². The minimum atomic E-state index is -1.69. The molecule has 4 N–H and O–H groups in total. The summed E-state index contributed by atoms with van der Waals surface area (Å²) in [4.78, 5) is 42.1. The molecule has 2 aromatic rings. The van der Waals surface area contributed by atoms with Crippen molar-refractivity contribution in [3.8, 4) is 11.5 Å². The average Bonchev–Trinajstić information content (AvgIpc) is 2.92. The zero-order chi connectivity index (χ0) is 30.0. The van der Waals surface area contributed by atoms with Crippen molar-refractivity contribution in [1.29, 1.82) is 0 Å². The summed E-state index contributed by atoms with van der Waals surface area (Å²) in [5.41, 5.74) is -2.27. The van der Waals surface area contributed by atoms with Crippen LogP contribution in [0.15, 0.2) is 24.3 Å². The summed E-state index contributed by atoms with van der Waals surface area (Å²) in [5.74, 6) is -4.42. The van der Waals surface area contributed by atoms with Crippen LogP contribution in [0, 0.1) is 0 Å². The van der Waals surface area contributed by atoms with Gasteiger partial charge in [0.15, 0.2) is 12.1 Å². The number of phenolic OH excluding ortho intramolecular Hbond substituents is 2. The predicted molar refractivity (Wildman–Crippen MR) is 144 cm³/mol. The highest BCUT2D eigenvalue weighted by Crippen LogP contribution is 2.54. The average molecular weight is 570 g/mol. The maximum Gasteiger partial charge on any atom is 0.316 e. The Hall–Kier alpha value is -3.35. The molecular formula is C30H35NO10. The fourth-order valence-electron chi connectivity index (χ4n) is 6.50. The van der Waals surface area contributed by atoms with Crippen LogP contribution in [0.2, 0.25) is 0 Å². The van der Waals surface area contributed by atoms with E-state index in [1.165, 1.54) is 31.4 Å². The van der Waals surface area contributed by atoms with Crippen LogP contribution in [0.1, 0.15) is 88.1 Å². The highest BCUT2D eigenvalue weighted by molar-refractivity contribution is 6.30. The van der Waals surface area contributed by atoms with E-state index in [1.54, 1.807) is 13.8 Å². The second kappa shape index (κ2) is 10.5. The molecule has 0 aromatic heterocycles. The number of nitrogens with zero attached hydrogens (tertiary/aromatic N) is 1. The summed E-state index contributed by atoms with van der Waals surface area (Å²) in [7, 11) is 4.82. The Kier molecular flexibility index (Phi) is 7.46. The molecule has 5 rings (SSSR count). The van der Waals surface area contributed by atoms with Gasteiger partial charge in [0.25, 0.3) is 0 Å². The number of methoxy groups -OCH3 is 1. The smallest absolute Gasteiger partial charge is 0.316 e. The van der Waals surface area contributed by atoms with Crippen molar-refractivity contribution in [2.75, 3.05) is 21.2 Å². The number of aliphatic hydroxyl groups excluding tert-OH is 1. The normalized spacial score (nSPS) is 30.9. The van der Waals surface area contributed by atoms with E-state index >= 15 is 0 Å². The summed E-state index contributed by atoms with van der Waals surface area (Å²) < 4.78 is 17.3. The molecule has 0 radical (unpaired) electrons. The first-order valence-corrected chi connectivity index (χ1v) is 13.6. The van der Waals surface area contributed by atoms with E-state index in [9.17, 15) is 34.8 Å². The summed E-state index contributed by atoms with van der Waals surface area (Å²) in [6, 6.07) is 5.14. The molecule has 0 bridgehead atoms. The van der Waals surface area contributed by atoms with Crippen molar-refractivity contribution in [2.24, 2.45) is 0 Å². The Morgan fingerprint density at radius 2 is 1.85 bits per heavy atom.